The highest BCUT2D eigenvalue weighted by Crippen LogP contribution is 2.31. The summed E-state index contributed by atoms with van der Waals surface area (Å²) in [4.78, 5) is 54.8. The molecule has 6 rings (SSSR count). The maximum absolute atomic E-state index is 13.0. The second kappa shape index (κ2) is 12.2. The van der Waals surface area contributed by atoms with Crippen LogP contribution in [0.3, 0.4) is 0 Å². The van der Waals surface area contributed by atoms with Gasteiger partial charge in [-0.2, -0.15) is 0 Å². The van der Waals surface area contributed by atoms with Crippen LogP contribution in [-0.4, -0.2) is 59.6 Å². The van der Waals surface area contributed by atoms with Crippen LogP contribution >= 0.6 is 0 Å². The van der Waals surface area contributed by atoms with E-state index in [9.17, 15) is 19.2 Å². The fourth-order valence-corrected chi connectivity index (χ4v) is 6.28. The highest BCUT2D eigenvalue weighted by molar-refractivity contribution is 6.26. The quantitative estimate of drug-likeness (QED) is 0.155. The van der Waals surface area contributed by atoms with E-state index in [-0.39, 0.29) is 23.6 Å². The van der Waals surface area contributed by atoms with Crippen molar-refractivity contribution in [2.75, 3.05) is 26.2 Å². The van der Waals surface area contributed by atoms with Crippen LogP contribution in [0.15, 0.2) is 72.8 Å². The zero-order chi connectivity index (χ0) is 29.1. The number of hydrogen-bond acceptors (Lipinski definition) is 5. The third-order valence-corrected chi connectivity index (χ3v) is 8.43. The minimum absolute atomic E-state index is 0.188. The van der Waals surface area contributed by atoms with Gasteiger partial charge in [-0.1, -0.05) is 74.2 Å². The Morgan fingerprint density at radius 1 is 0.429 bits per heavy atom. The fraction of sp³-hybridized carbons (Fsp3) is 0.314. The van der Waals surface area contributed by atoms with Crippen LogP contribution in [0.1, 0.15) is 86.4 Å². The second-order valence-corrected chi connectivity index (χ2v) is 11.2. The molecular weight excluding hydrogens is 526 g/mol. The molecule has 0 saturated heterocycles. The molecule has 42 heavy (non-hydrogen) atoms. The van der Waals surface area contributed by atoms with Gasteiger partial charge in [0.1, 0.15) is 0 Å². The third kappa shape index (κ3) is 5.21. The number of benzene rings is 4. The van der Waals surface area contributed by atoms with Crippen LogP contribution in [-0.2, 0) is 0 Å². The number of carbonyl (C=O) groups excluding carboxylic acids is 4. The van der Waals surface area contributed by atoms with E-state index in [1.807, 2.05) is 60.7 Å². The normalized spacial score (nSPS) is 14.5. The van der Waals surface area contributed by atoms with Crippen molar-refractivity contribution in [1.29, 1.82) is 0 Å². The van der Waals surface area contributed by atoms with Gasteiger partial charge in [0.05, 0.1) is 0 Å². The van der Waals surface area contributed by atoms with E-state index >= 15 is 0 Å². The smallest absolute Gasteiger partial charge is 0.261 e. The van der Waals surface area contributed by atoms with Gasteiger partial charge in [0, 0.05) is 46.1 Å². The molecule has 4 aromatic rings. The van der Waals surface area contributed by atoms with E-state index in [0.29, 0.717) is 41.8 Å². The molecule has 0 atom stereocenters. The van der Waals surface area contributed by atoms with Crippen molar-refractivity contribution in [3.8, 4) is 0 Å². The lowest BCUT2D eigenvalue weighted by Crippen LogP contribution is -2.41. The molecule has 7 heteroatoms. The van der Waals surface area contributed by atoms with Gasteiger partial charge in [0.2, 0.25) is 0 Å². The van der Waals surface area contributed by atoms with Gasteiger partial charge >= 0.3 is 0 Å². The lowest BCUT2D eigenvalue weighted by Gasteiger charge is -2.27. The zero-order valence-corrected chi connectivity index (χ0v) is 23.7. The molecule has 0 aliphatic carbocycles. The highest BCUT2D eigenvalue weighted by Gasteiger charge is 2.33. The average molecular weight is 562 g/mol. The van der Waals surface area contributed by atoms with Crippen molar-refractivity contribution in [2.45, 2.75) is 44.9 Å². The standard InChI is InChI=1S/C35H35N3O4/c39-32-26-16-7-12-24-13-8-17-27(30(24)26)33(40)37(32)22-6-4-2-1-3-5-20-36-21-11-23-38-34(41)28-18-9-14-25-15-10-19-29(31(25)28)35(38)42/h7-10,12-19,36H,1-6,11,20-23H2. The summed E-state index contributed by atoms with van der Waals surface area (Å²) < 4.78 is 0. The number of nitrogens with zero attached hydrogens (tertiary/aromatic N) is 2. The van der Waals surface area contributed by atoms with Gasteiger partial charge in [-0.05, 0) is 67.4 Å². The molecule has 214 valence electrons. The van der Waals surface area contributed by atoms with Crippen LogP contribution in [0.25, 0.3) is 21.5 Å². The van der Waals surface area contributed by atoms with Crippen molar-refractivity contribution < 1.29 is 19.2 Å². The summed E-state index contributed by atoms with van der Waals surface area (Å²) in [5, 5.41) is 6.82. The topological polar surface area (TPSA) is 86.8 Å². The van der Waals surface area contributed by atoms with Crippen molar-refractivity contribution in [3.05, 3.63) is 95.1 Å². The fourth-order valence-electron chi connectivity index (χ4n) is 6.28. The minimum Gasteiger partial charge on any atom is -0.317 e. The van der Waals surface area contributed by atoms with Crippen molar-refractivity contribution >= 4 is 45.2 Å². The number of imide groups is 2. The average Bonchev–Trinajstić information content (AvgIpc) is 3.01. The molecule has 0 saturated carbocycles. The molecule has 0 spiro atoms. The number of carbonyl (C=O) groups is 4. The van der Waals surface area contributed by atoms with E-state index in [4.69, 9.17) is 0 Å². The lowest BCUT2D eigenvalue weighted by molar-refractivity contribution is 0.0592. The van der Waals surface area contributed by atoms with Gasteiger partial charge in [0.15, 0.2) is 0 Å². The summed E-state index contributed by atoms with van der Waals surface area (Å²) in [5.41, 5.74) is 2.44. The highest BCUT2D eigenvalue weighted by atomic mass is 16.2. The summed E-state index contributed by atoms with van der Waals surface area (Å²) in [7, 11) is 0. The molecule has 2 aliphatic heterocycles. The van der Waals surface area contributed by atoms with Crippen molar-refractivity contribution in [3.63, 3.8) is 0 Å². The number of hydrogen-bond donors (Lipinski definition) is 1. The summed E-state index contributed by atoms with van der Waals surface area (Å²) in [6.45, 7) is 2.49. The Hall–Kier alpha value is -4.36. The van der Waals surface area contributed by atoms with Gasteiger partial charge < -0.3 is 5.32 Å². The predicted molar refractivity (Wildman–Crippen MR) is 164 cm³/mol. The van der Waals surface area contributed by atoms with Gasteiger partial charge in [-0.25, -0.2) is 0 Å². The summed E-state index contributed by atoms with van der Waals surface area (Å²) >= 11 is 0. The van der Waals surface area contributed by atoms with Crippen LogP contribution in [0.5, 0.6) is 0 Å². The van der Waals surface area contributed by atoms with Gasteiger partial charge in [0.25, 0.3) is 23.6 Å². The first-order valence-electron chi connectivity index (χ1n) is 15.0. The molecular formula is C35H35N3O4. The molecule has 4 aromatic carbocycles. The third-order valence-electron chi connectivity index (χ3n) is 8.43. The van der Waals surface area contributed by atoms with Crippen LogP contribution in [0.4, 0.5) is 0 Å². The Morgan fingerprint density at radius 2 is 0.786 bits per heavy atom. The van der Waals surface area contributed by atoms with E-state index < -0.39 is 0 Å². The first kappa shape index (κ1) is 27.8. The molecule has 0 bridgehead atoms. The summed E-state index contributed by atoms with van der Waals surface area (Å²) in [6, 6.07) is 22.5. The Labute approximate surface area is 245 Å². The number of amides is 4. The molecule has 2 heterocycles. The maximum Gasteiger partial charge on any atom is 0.261 e. The van der Waals surface area contributed by atoms with Crippen molar-refractivity contribution in [2.24, 2.45) is 0 Å². The molecule has 2 aliphatic rings. The monoisotopic (exact) mass is 561 g/mol. The molecule has 0 fully saturated rings. The second-order valence-electron chi connectivity index (χ2n) is 11.2. The maximum atomic E-state index is 13.0. The minimum atomic E-state index is -0.208. The molecule has 0 unspecified atom stereocenters. The SMILES string of the molecule is O=C1c2cccc3cccc(c23)C(=O)N1CCCCCCCCNCCCN1C(=O)c2cccc3cccc(c23)C1=O. The number of unbranched alkanes of at least 4 members (excludes halogenated alkanes) is 5. The first-order chi connectivity index (χ1) is 20.6. The van der Waals surface area contributed by atoms with Gasteiger partial charge in [-0.3, -0.25) is 29.0 Å². The van der Waals surface area contributed by atoms with Gasteiger partial charge in [-0.15, -0.1) is 0 Å². The molecule has 0 aromatic heterocycles. The Morgan fingerprint density at radius 3 is 1.24 bits per heavy atom. The Bertz CT molecular complexity index is 1470. The summed E-state index contributed by atoms with van der Waals surface area (Å²) in [6.07, 6.45) is 6.83. The molecule has 7 nitrogen and oxygen atoms in total. The van der Waals surface area contributed by atoms with E-state index in [1.54, 1.807) is 12.1 Å². The van der Waals surface area contributed by atoms with Crippen LogP contribution in [0, 0.1) is 0 Å². The van der Waals surface area contributed by atoms with Crippen LogP contribution < -0.4 is 5.32 Å². The predicted octanol–water partition coefficient (Wildman–Crippen LogP) is 6.21. The summed E-state index contributed by atoms with van der Waals surface area (Å²) in [5.74, 6) is -0.792. The molecule has 4 amide bonds. The van der Waals surface area contributed by atoms with Crippen molar-refractivity contribution in [1.82, 2.24) is 15.1 Å². The molecule has 1 N–H and O–H groups in total. The largest absolute Gasteiger partial charge is 0.317 e. The van der Waals surface area contributed by atoms with E-state index in [0.717, 1.165) is 73.2 Å². The number of rotatable bonds is 13. The Kier molecular flexibility index (Phi) is 8.11. The lowest BCUT2D eigenvalue weighted by atomic mass is 9.94. The number of nitrogens with one attached hydrogen (secondary N) is 1. The first-order valence-corrected chi connectivity index (χ1v) is 15.0. The van der Waals surface area contributed by atoms with Crippen LogP contribution in [0.2, 0.25) is 0 Å². The van der Waals surface area contributed by atoms with E-state index in [1.165, 1.54) is 9.80 Å². The molecule has 0 radical (unpaired) electrons. The zero-order valence-electron chi connectivity index (χ0n) is 23.7. The Balaban J connectivity index is 0.852. The van der Waals surface area contributed by atoms with E-state index in [2.05, 4.69) is 5.32 Å².